The third-order valence-electron chi connectivity index (χ3n) is 3.98. The summed E-state index contributed by atoms with van der Waals surface area (Å²) in [6.07, 6.45) is 9.46. The van der Waals surface area contributed by atoms with Crippen molar-refractivity contribution in [1.29, 1.82) is 0 Å². The number of rotatable bonds is 7. The molecule has 1 aromatic carbocycles. The molecule has 1 aliphatic rings. The number of nitrogens with two attached hydrogens (primary N) is 1. The number of benzene rings is 1. The molecule has 1 aliphatic carbocycles. The van der Waals surface area contributed by atoms with Crippen LogP contribution in [0.3, 0.4) is 0 Å². The molecule has 128 valence electrons. The quantitative estimate of drug-likeness (QED) is 0.301. The molecule has 2 rings (SSSR count). The number of nitrogens with zero attached hydrogens (tertiary/aromatic N) is 1. The van der Waals surface area contributed by atoms with Gasteiger partial charge in [-0.05, 0) is 56.2 Å². The van der Waals surface area contributed by atoms with Gasteiger partial charge in [0.1, 0.15) is 5.75 Å². The van der Waals surface area contributed by atoms with Crippen LogP contribution in [0.15, 0.2) is 40.9 Å². The Labute approximate surface area is 156 Å². The van der Waals surface area contributed by atoms with Crippen LogP contribution in [0.1, 0.15) is 37.7 Å². The lowest BCUT2D eigenvalue weighted by Crippen LogP contribution is -2.33. The molecular formula is C18H28IN3O. The van der Waals surface area contributed by atoms with Gasteiger partial charge in [-0.1, -0.05) is 23.8 Å². The van der Waals surface area contributed by atoms with Crippen LogP contribution in [0.2, 0.25) is 0 Å². The molecule has 5 heteroatoms. The molecule has 3 N–H and O–H groups in total. The largest absolute Gasteiger partial charge is 0.497 e. The second-order valence-corrected chi connectivity index (χ2v) is 5.65. The SMILES string of the molecule is COc1ccc(CCNC(N)=NCCC2=CCCCC2)cc1.I. The van der Waals surface area contributed by atoms with E-state index in [0.717, 1.165) is 31.7 Å². The molecule has 0 heterocycles. The predicted molar refractivity (Wildman–Crippen MR) is 108 cm³/mol. The van der Waals surface area contributed by atoms with E-state index >= 15 is 0 Å². The Hall–Kier alpha value is -1.24. The summed E-state index contributed by atoms with van der Waals surface area (Å²) in [6.45, 7) is 1.58. The number of nitrogens with one attached hydrogen (secondary N) is 1. The van der Waals surface area contributed by atoms with Gasteiger partial charge in [0, 0.05) is 13.1 Å². The van der Waals surface area contributed by atoms with E-state index in [9.17, 15) is 0 Å². The average Bonchev–Trinajstić information content (AvgIpc) is 2.56. The van der Waals surface area contributed by atoms with Crippen molar-refractivity contribution < 1.29 is 4.74 Å². The molecule has 4 nitrogen and oxygen atoms in total. The van der Waals surface area contributed by atoms with Gasteiger partial charge in [0.15, 0.2) is 5.96 Å². The van der Waals surface area contributed by atoms with E-state index in [1.54, 1.807) is 12.7 Å². The number of allylic oxidation sites excluding steroid dienone is 1. The van der Waals surface area contributed by atoms with Crippen LogP contribution in [-0.4, -0.2) is 26.2 Å². The van der Waals surface area contributed by atoms with Crippen molar-refractivity contribution in [3.05, 3.63) is 41.5 Å². The minimum atomic E-state index is 0. The molecule has 0 saturated carbocycles. The van der Waals surface area contributed by atoms with Crippen LogP contribution in [0, 0.1) is 0 Å². The molecule has 0 aliphatic heterocycles. The lowest BCUT2D eigenvalue weighted by molar-refractivity contribution is 0.414. The molecule has 0 bridgehead atoms. The minimum absolute atomic E-state index is 0. The molecule has 0 unspecified atom stereocenters. The zero-order chi connectivity index (χ0) is 15.6. The zero-order valence-corrected chi connectivity index (χ0v) is 16.2. The second kappa shape index (κ2) is 11.3. The maximum Gasteiger partial charge on any atom is 0.188 e. The second-order valence-electron chi connectivity index (χ2n) is 5.65. The normalized spacial score (nSPS) is 14.7. The Bertz CT molecular complexity index is 512. The van der Waals surface area contributed by atoms with E-state index in [1.807, 2.05) is 12.1 Å². The zero-order valence-electron chi connectivity index (χ0n) is 13.9. The van der Waals surface area contributed by atoms with Crippen molar-refractivity contribution in [3.63, 3.8) is 0 Å². The van der Waals surface area contributed by atoms with Crippen molar-refractivity contribution in [3.8, 4) is 5.75 Å². The summed E-state index contributed by atoms with van der Waals surface area (Å²) in [5.41, 5.74) is 8.70. The monoisotopic (exact) mass is 429 g/mol. The lowest BCUT2D eigenvalue weighted by Gasteiger charge is -2.11. The highest BCUT2D eigenvalue weighted by Gasteiger charge is 2.02. The van der Waals surface area contributed by atoms with Crippen LogP contribution < -0.4 is 15.8 Å². The summed E-state index contributed by atoms with van der Waals surface area (Å²) < 4.78 is 5.15. The summed E-state index contributed by atoms with van der Waals surface area (Å²) in [4.78, 5) is 4.40. The van der Waals surface area contributed by atoms with Gasteiger partial charge < -0.3 is 15.8 Å². The summed E-state index contributed by atoms with van der Waals surface area (Å²) in [6, 6.07) is 8.10. The molecule has 0 spiro atoms. The van der Waals surface area contributed by atoms with Gasteiger partial charge in [-0.15, -0.1) is 24.0 Å². The number of halogens is 1. The van der Waals surface area contributed by atoms with Crippen molar-refractivity contribution in [2.75, 3.05) is 20.2 Å². The predicted octanol–water partition coefficient (Wildman–Crippen LogP) is 3.65. The Kier molecular flexibility index (Phi) is 9.75. The summed E-state index contributed by atoms with van der Waals surface area (Å²) in [5.74, 6) is 1.43. The number of methoxy groups -OCH3 is 1. The van der Waals surface area contributed by atoms with E-state index in [2.05, 4.69) is 28.5 Å². The van der Waals surface area contributed by atoms with Crippen LogP contribution in [-0.2, 0) is 6.42 Å². The van der Waals surface area contributed by atoms with Crippen LogP contribution in [0.4, 0.5) is 0 Å². The Balaban J connectivity index is 0.00000264. The highest BCUT2D eigenvalue weighted by atomic mass is 127. The highest BCUT2D eigenvalue weighted by molar-refractivity contribution is 14.0. The van der Waals surface area contributed by atoms with E-state index in [4.69, 9.17) is 10.5 Å². The summed E-state index contributed by atoms with van der Waals surface area (Å²) in [7, 11) is 1.68. The molecule has 0 aromatic heterocycles. The maximum absolute atomic E-state index is 5.90. The number of hydrogen-bond donors (Lipinski definition) is 2. The molecule has 0 amide bonds. The first-order valence-electron chi connectivity index (χ1n) is 8.12. The van der Waals surface area contributed by atoms with E-state index in [1.165, 1.54) is 31.2 Å². The topological polar surface area (TPSA) is 59.6 Å². The first-order chi connectivity index (χ1) is 10.8. The minimum Gasteiger partial charge on any atom is -0.497 e. The number of guanidine groups is 1. The van der Waals surface area contributed by atoms with Crippen LogP contribution in [0.25, 0.3) is 0 Å². The van der Waals surface area contributed by atoms with Crippen molar-refractivity contribution in [1.82, 2.24) is 5.32 Å². The van der Waals surface area contributed by atoms with Gasteiger partial charge in [-0.3, -0.25) is 4.99 Å². The smallest absolute Gasteiger partial charge is 0.188 e. The first-order valence-corrected chi connectivity index (χ1v) is 8.12. The van der Waals surface area contributed by atoms with E-state index in [0.29, 0.717) is 5.96 Å². The fraction of sp³-hybridized carbons (Fsp3) is 0.500. The van der Waals surface area contributed by atoms with Gasteiger partial charge in [0.05, 0.1) is 7.11 Å². The fourth-order valence-corrected chi connectivity index (χ4v) is 2.63. The third kappa shape index (κ3) is 7.72. The number of hydrogen-bond acceptors (Lipinski definition) is 2. The summed E-state index contributed by atoms with van der Waals surface area (Å²) >= 11 is 0. The maximum atomic E-state index is 5.90. The number of ether oxygens (including phenoxy) is 1. The molecule has 23 heavy (non-hydrogen) atoms. The molecule has 1 aromatic rings. The Morgan fingerprint density at radius 1 is 1.22 bits per heavy atom. The molecular weight excluding hydrogens is 401 g/mol. The van der Waals surface area contributed by atoms with Gasteiger partial charge in [-0.2, -0.15) is 0 Å². The van der Waals surface area contributed by atoms with E-state index < -0.39 is 0 Å². The average molecular weight is 429 g/mol. The third-order valence-corrected chi connectivity index (χ3v) is 3.98. The van der Waals surface area contributed by atoms with Crippen molar-refractivity contribution in [2.45, 2.75) is 38.5 Å². The Morgan fingerprint density at radius 3 is 2.65 bits per heavy atom. The number of aliphatic imine (C=N–C) groups is 1. The standard InChI is InChI=1S/C18H27N3O.HI/c1-22-17-9-7-16(8-10-17)12-14-21-18(19)20-13-11-15-5-3-2-4-6-15;/h5,7-10H,2-4,6,11-14H2,1H3,(H3,19,20,21);1H. The lowest BCUT2D eigenvalue weighted by atomic mass is 9.97. The van der Waals surface area contributed by atoms with Gasteiger partial charge in [0.25, 0.3) is 0 Å². The van der Waals surface area contributed by atoms with Crippen molar-refractivity contribution >= 4 is 29.9 Å². The fourth-order valence-electron chi connectivity index (χ4n) is 2.63. The van der Waals surface area contributed by atoms with Gasteiger partial charge in [-0.25, -0.2) is 0 Å². The van der Waals surface area contributed by atoms with E-state index in [-0.39, 0.29) is 24.0 Å². The van der Waals surface area contributed by atoms with Gasteiger partial charge in [0.2, 0.25) is 0 Å². The Morgan fingerprint density at radius 2 is 2.00 bits per heavy atom. The van der Waals surface area contributed by atoms with Crippen molar-refractivity contribution in [2.24, 2.45) is 10.7 Å². The highest BCUT2D eigenvalue weighted by Crippen LogP contribution is 2.19. The molecule has 0 fully saturated rings. The molecule has 0 saturated heterocycles. The van der Waals surface area contributed by atoms with Gasteiger partial charge >= 0.3 is 0 Å². The summed E-state index contributed by atoms with van der Waals surface area (Å²) in [5, 5.41) is 3.17. The van der Waals surface area contributed by atoms with Crippen LogP contribution >= 0.6 is 24.0 Å². The molecule has 0 radical (unpaired) electrons. The van der Waals surface area contributed by atoms with Crippen LogP contribution in [0.5, 0.6) is 5.75 Å². The first kappa shape index (κ1) is 19.8. The molecule has 0 atom stereocenters.